The van der Waals surface area contributed by atoms with E-state index in [2.05, 4.69) is 0 Å². The van der Waals surface area contributed by atoms with E-state index in [1.165, 1.54) is 7.11 Å². The van der Waals surface area contributed by atoms with Crippen molar-refractivity contribution in [2.75, 3.05) is 7.11 Å². The summed E-state index contributed by atoms with van der Waals surface area (Å²) in [6.45, 7) is 1.80. The van der Waals surface area contributed by atoms with Gasteiger partial charge in [-0.1, -0.05) is 12.1 Å². The molecule has 0 unspecified atom stereocenters. The number of aryl methyl sites for hydroxylation is 2. The van der Waals surface area contributed by atoms with Gasteiger partial charge in [-0.25, -0.2) is 0 Å². The first-order chi connectivity index (χ1) is 7.84. The summed E-state index contributed by atoms with van der Waals surface area (Å²) in [7, 11) is 1.52. The highest BCUT2D eigenvalue weighted by molar-refractivity contribution is 5.84. The Morgan fingerprint density at radius 1 is 1.35 bits per heavy atom. The molecule has 0 radical (unpaired) electrons. The van der Waals surface area contributed by atoms with Crippen LogP contribution in [0.2, 0.25) is 0 Å². The molecule has 0 heterocycles. The van der Waals surface area contributed by atoms with Gasteiger partial charge >= 0.3 is 6.18 Å². The molecule has 94 valence electrons. The van der Waals surface area contributed by atoms with Crippen molar-refractivity contribution < 1.29 is 22.7 Å². The lowest BCUT2D eigenvalue weighted by molar-refractivity contribution is -0.171. The second-order valence-corrected chi connectivity index (χ2v) is 3.72. The molecule has 0 aliphatic heterocycles. The summed E-state index contributed by atoms with van der Waals surface area (Å²) in [6.07, 6.45) is -5.17. The van der Waals surface area contributed by atoms with Crippen molar-refractivity contribution in [1.29, 1.82) is 0 Å². The molecule has 0 spiro atoms. The number of rotatable bonds is 4. The van der Waals surface area contributed by atoms with Crippen molar-refractivity contribution in [1.82, 2.24) is 0 Å². The Bertz CT molecular complexity index is 411. The Balaban J connectivity index is 2.65. The van der Waals surface area contributed by atoms with E-state index >= 15 is 0 Å². The maximum atomic E-state index is 12.0. The minimum atomic E-state index is -4.73. The molecule has 0 N–H and O–H groups in total. The average molecular weight is 246 g/mol. The van der Waals surface area contributed by atoms with Crippen LogP contribution in [0.4, 0.5) is 13.2 Å². The molecule has 0 aliphatic rings. The molecule has 0 fully saturated rings. The first-order valence-corrected chi connectivity index (χ1v) is 5.08. The summed E-state index contributed by atoms with van der Waals surface area (Å²) < 4.78 is 41.0. The maximum absolute atomic E-state index is 12.0. The van der Waals surface area contributed by atoms with Gasteiger partial charge in [0.2, 0.25) is 5.78 Å². The van der Waals surface area contributed by atoms with E-state index < -0.39 is 18.4 Å². The number of benzene rings is 1. The molecule has 0 aliphatic carbocycles. The van der Waals surface area contributed by atoms with Crippen LogP contribution in [0.3, 0.4) is 0 Å². The predicted molar refractivity (Wildman–Crippen MR) is 57.1 cm³/mol. The van der Waals surface area contributed by atoms with Crippen LogP contribution in [-0.2, 0) is 11.2 Å². The molecule has 0 amide bonds. The SMILES string of the molecule is COc1ccc(CCC(=O)C(F)(F)F)cc1C. The first kappa shape index (κ1) is 13.5. The van der Waals surface area contributed by atoms with Crippen LogP contribution in [0.15, 0.2) is 18.2 Å². The van der Waals surface area contributed by atoms with Gasteiger partial charge in [0.25, 0.3) is 0 Å². The van der Waals surface area contributed by atoms with E-state index in [1.807, 2.05) is 0 Å². The summed E-state index contributed by atoms with van der Waals surface area (Å²) in [5.41, 5.74) is 1.53. The second-order valence-electron chi connectivity index (χ2n) is 3.72. The average Bonchev–Trinajstić information content (AvgIpc) is 2.24. The van der Waals surface area contributed by atoms with Crippen molar-refractivity contribution in [2.45, 2.75) is 25.9 Å². The van der Waals surface area contributed by atoms with E-state index in [9.17, 15) is 18.0 Å². The number of methoxy groups -OCH3 is 1. The van der Waals surface area contributed by atoms with Crippen molar-refractivity contribution in [3.05, 3.63) is 29.3 Å². The Morgan fingerprint density at radius 2 is 2.00 bits per heavy atom. The molecule has 1 aromatic carbocycles. The second kappa shape index (κ2) is 5.21. The van der Waals surface area contributed by atoms with Crippen LogP contribution in [0, 0.1) is 6.92 Å². The molecule has 0 atom stereocenters. The molecule has 17 heavy (non-hydrogen) atoms. The molecular weight excluding hydrogens is 233 g/mol. The first-order valence-electron chi connectivity index (χ1n) is 5.08. The molecule has 0 aromatic heterocycles. The molecule has 0 saturated carbocycles. The zero-order chi connectivity index (χ0) is 13.1. The van der Waals surface area contributed by atoms with Crippen molar-refractivity contribution in [3.63, 3.8) is 0 Å². The van der Waals surface area contributed by atoms with Crippen LogP contribution in [0.1, 0.15) is 17.5 Å². The number of ketones is 1. The number of hydrogen-bond acceptors (Lipinski definition) is 2. The monoisotopic (exact) mass is 246 g/mol. The number of ether oxygens (including phenoxy) is 1. The highest BCUT2D eigenvalue weighted by atomic mass is 19.4. The fourth-order valence-corrected chi connectivity index (χ4v) is 1.50. The standard InChI is InChI=1S/C12H13F3O2/c1-8-7-9(3-5-10(8)17-2)4-6-11(16)12(13,14)15/h3,5,7H,4,6H2,1-2H3. The summed E-state index contributed by atoms with van der Waals surface area (Å²) in [5.74, 6) is -1.01. The van der Waals surface area contributed by atoms with Crippen LogP contribution < -0.4 is 4.74 Å². The van der Waals surface area contributed by atoms with E-state index in [4.69, 9.17) is 4.74 Å². The molecule has 2 nitrogen and oxygen atoms in total. The van der Waals surface area contributed by atoms with Gasteiger partial charge in [-0.15, -0.1) is 0 Å². The highest BCUT2D eigenvalue weighted by Gasteiger charge is 2.37. The lowest BCUT2D eigenvalue weighted by Crippen LogP contribution is -2.22. The third-order valence-electron chi connectivity index (χ3n) is 2.42. The lowest BCUT2D eigenvalue weighted by Gasteiger charge is -2.08. The Kier molecular flexibility index (Phi) is 4.15. The number of carbonyl (C=O) groups is 1. The van der Waals surface area contributed by atoms with Gasteiger partial charge in [-0.3, -0.25) is 4.79 Å². The van der Waals surface area contributed by atoms with E-state index in [-0.39, 0.29) is 6.42 Å². The van der Waals surface area contributed by atoms with Crippen LogP contribution in [0.5, 0.6) is 5.75 Å². The Morgan fingerprint density at radius 3 is 2.47 bits per heavy atom. The quantitative estimate of drug-likeness (QED) is 0.816. The molecular formula is C12H13F3O2. The number of Topliss-reactive ketones (excluding diaryl/α,β-unsaturated/α-hetero) is 1. The topological polar surface area (TPSA) is 26.3 Å². The van der Waals surface area contributed by atoms with Gasteiger partial charge in [0.15, 0.2) is 0 Å². The predicted octanol–water partition coefficient (Wildman–Crippen LogP) is 3.07. The van der Waals surface area contributed by atoms with Gasteiger partial charge in [0, 0.05) is 6.42 Å². The summed E-state index contributed by atoms with van der Waals surface area (Å²) in [4.78, 5) is 10.7. The van der Waals surface area contributed by atoms with Crippen molar-refractivity contribution in [2.24, 2.45) is 0 Å². The number of alkyl halides is 3. The molecule has 5 heteroatoms. The van der Waals surface area contributed by atoms with Gasteiger partial charge in [-0.05, 0) is 30.5 Å². The third-order valence-corrected chi connectivity index (χ3v) is 2.42. The summed E-state index contributed by atoms with van der Waals surface area (Å²) in [6, 6.07) is 5.07. The highest BCUT2D eigenvalue weighted by Crippen LogP contribution is 2.22. The van der Waals surface area contributed by atoms with Crippen LogP contribution in [0.25, 0.3) is 0 Å². The van der Waals surface area contributed by atoms with Gasteiger partial charge in [0.05, 0.1) is 7.11 Å². The third kappa shape index (κ3) is 3.76. The fraction of sp³-hybridized carbons (Fsp3) is 0.417. The van der Waals surface area contributed by atoms with Gasteiger partial charge in [0.1, 0.15) is 5.75 Å². The minimum Gasteiger partial charge on any atom is -0.496 e. The molecule has 1 aromatic rings. The van der Waals surface area contributed by atoms with Crippen molar-refractivity contribution >= 4 is 5.78 Å². The number of hydrogen-bond donors (Lipinski definition) is 0. The van der Waals surface area contributed by atoms with E-state index in [0.29, 0.717) is 11.3 Å². The molecule has 0 saturated heterocycles. The minimum absolute atomic E-state index is 0.0865. The van der Waals surface area contributed by atoms with E-state index in [1.54, 1.807) is 25.1 Å². The molecule has 1 rings (SSSR count). The Hall–Kier alpha value is -1.52. The lowest BCUT2D eigenvalue weighted by atomic mass is 10.0. The summed E-state index contributed by atoms with van der Waals surface area (Å²) in [5, 5.41) is 0. The van der Waals surface area contributed by atoms with E-state index in [0.717, 1.165) is 5.56 Å². The van der Waals surface area contributed by atoms with Crippen LogP contribution in [-0.4, -0.2) is 19.1 Å². The maximum Gasteiger partial charge on any atom is 0.449 e. The van der Waals surface area contributed by atoms with Crippen LogP contribution >= 0.6 is 0 Å². The van der Waals surface area contributed by atoms with Gasteiger partial charge in [-0.2, -0.15) is 13.2 Å². The molecule has 0 bridgehead atoms. The fourth-order valence-electron chi connectivity index (χ4n) is 1.50. The normalized spacial score (nSPS) is 11.4. The zero-order valence-electron chi connectivity index (χ0n) is 9.60. The number of carbonyl (C=O) groups excluding carboxylic acids is 1. The smallest absolute Gasteiger partial charge is 0.449 e. The Labute approximate surface area is 97.4 Å². The van der Waals surface area contributed by atoms with Crippen molar-refractivity contribution in [3.8, 4) is 5.75 Å². The van der Waals surface area contributed by atoms with Gasteiger partial charge < -0.3 is 4.74 Å². The largest absolute Gasteiger partial charge is 0.496 e. The summed E-state index contributed by atoms with van der Waals surface area (Å²) >= 11 is 0. The number of halogens is 3. The zero-order valence-corrected chi connectivity index (χ0v) is 9.60.